The maximum absolute atomic E-state index is 5.83. The van der Waals surface area contributed by atoms with E-state index in [1.54, 1.807) is 19.4 Å². The molecule has 0 bridgehead atoms. The highest BCUT2D eigenvalue weighted by atomic mass is 127. The van der Waals surface area contributed by atoms with Gasteiger partial charge in [-0.2, -0.15) is 0 Å². The number of rotatable bonds is 4. The van der Waals surface area contributed by atoms with E-state index in [2.05, 4.69) is 27.6 Å². The van der Waals surface area contributed by atoms with E-state index in [-0.39, 0.29) is 0 Å². The van der Waals surface area contributed by atoms with Crippen LogP contribution in [0.2, 0.25) is 5.15 Å². The van der Waals surface area contributed by atoms with Gasteiger partial charge in [0.05, 0.1) is 10.7 Å². The van der Waals surface area contributed by atoms with Crippen LogP contribution in [0.1, 0.15) is 5.56 Å². The molecule has 0 amide bonds. The van der Waals surface area contributed by atoms with E-state index < -0.39 is 0 Å². The molecule has 0 N–H and O–H groups in total. The molecule has 0 fully saturated rings. The standard InChI is InChI=1S/C13H11ClINO2/c1-17-10-4-2-9(3-5-10)8-18-12-6-13(14)16-7-11(12)15/h2-7H,8H2,1H3. The first kappa shape index (κ1) is 13.4. The molecule has 0 aliphatic carbocycles. The van der Waals surface area contributed by atoms with Crippen LogP contribution in [0.5, 0.6) is 11.5 Å². The number of pyridine rings is 1. The number of aromatic nitrogens is 1. The second-order valence-electron chi connectivity index (χ2n) is 3.57. The second kappa shape index (κ2) is 6.24. The Morgan fingerprint density at radius 2 is 2.00 bits per heavy atom. The smallest absolute Gasteiger partial charge is 0.137 e. The zero-order valence-corrected chi connectivity index (χ0v) is 12.6. The average molecular weight is 376 g/mol. The molecule has 2 rings (SSSR count). The van der Waals surface area contributed by atoms with Crippen molar-refractivity contribution in [3.05, 3.63) is 50.8 Å². The first-order valence-electron chi connectivity index (χ1n) is 5.26. The fraction of sp³-hybridized carbons (Fsp3) is 0.154. The van der Waals surface area contributed by atoms with Gasteiger partial charge in [-0.05, 0) is 40.3 Å². The molecule has 3 nitrogen and oxygen atoms in total. The highest BCUT2D eigenvalue weighted by Gasteiger charge is 2.03. The average Bonchev–Trinajstić information content (AvgIpc) is 2.40. The Hall–Kier alpha value is -1.01. The van der Waals surface area contributed by atoms with Gasteiger partial charge in [0.25, 0.3) is 0 Å². The van der Waals surface area contributed by atoms with Crippen LogP contribution >= 0.6 is 34.2 Å². The summed E-state index contributed by atoms with van der Waals surface area (Å²) in [4.78, 5) is 3.98. The van der Waals surface area contributed by atoms with E-state index in [1.807, 2.05) is 24.3 Å². The molecule has 0 saturated heterocycles. The lowest BCUT2D eigenvalue weighted by Gasteiger charge is -2.08. The van der Waals surface area contributed by atoms with Crippen molar-refractivity contribution in [3.63, 3.8) is 0 Å². The van der Waals surface area contributed by atoms with Crippen LogP contribution in [0.15, 0.2) is 36.5 Å². The number of hydrogen-bond acceptors (Lipinski definition) is 3. The fourth-order valence-corrected chi connectivity index (χ4v) is 1.99. The van der Waals surface area contributed by atoms with Gasteiger partial charge in [-0.25, -0.2) is 4.98 Å². The van der Waals surface area contributed by atoms with Crippen molar-refractivity contribution in [2.24, 2.45) is 0 Å². The molecule has 1 aromatic heterocycles. The molecule has 94 valence electrons. The maximum Gasteiger partial charge on any atom is 0.137 e. The van der Waals surface area contributed by atoms with Crippen LogP contribution in [0.25, 0.3) is 0 Å². The number of methoxy groups -OCH3 is 1. The van der Waals surface area contributed by atoms with Crippen molar-refractivity contribution in [2.75, 3.05) is 7.11 Å². The van der Waals surface area contributed by atoms with Gasteiger partial charge in [-0.1, -0.05) is 23.7 Å². The molecule has 0 atom stereocenters. The number of hydrogen-bond donors (Lipinski definition) is 0. The fourth-order valence-electron chi connectivity index (χ4n) is 1.39. The van der Waals surface area contributed by atoms with Crippen molar-refractivity contribution >= 4 is 34.2 Å². The van der Waals surface area contributed by atoms with Crippen molar-refractivity contribution in [1.82, 2.24) is 4.98 Å². The third-order valence-electron chi connectivity index (χ3n) is 2.34. The monoisotopic (exact) mass is 375 g/mol. The Labute approximate surface area is 124 Å². The zero-order chi connectivity index (χ0) is 13.0. The van der Waals surface area contributed by atoms with Gasteiger partial charge >= 0.3 is 0 Å². The third kappa shape index (κ3) is 3.49. The largest absolute Gasteiger partial charge is 0.497 e. The number of nitrogens with zero attached hydrogens (tertiary/aromatic N) is 1. The van der Waals surface area contributed by atoms with E-state index in [4.69, 9.17) is 21.1 Å². The molecule has 0 unspecified atom stereocenters. The SMILES string of the molecule is COc1ccc(COc2cc(Cl)ncc2I)cc1. The molecule has 18 heavy (non-hydrogen) atoms. The van der Waals surface area contributed by atoms with Gasteiger partial charge in [-0.15, -0.1) is 0 Å². The molecular weight excluding hydrogens is 365 g/mol. The molecule has 1 aromatic carbocycles. The normalized spacial score (nSPS) is 10.2. The lowest BCUT2D eigenvalue weighted by atomic mass is 10.2. The van der Waals surface area contributed by atoms with Crippen molar-refractivity contribution in [3.8, 4) is 11.5 Å². The summed E-state index contributed by atoms with van der Waals surface area (Å²) in [5, 5.41) is 0.431. The first-order chi connectivity index (χ1) is 8.69. The Balaban J connectivity index is 2.04. The van der Waals surface area contributed by atoms with Crippen molar-refractivity contribution in [2.45, 2.75) is 6.61 Å². The maximum atomic E-state index is 5.83. The van der Waals surface area contributed by atoms with Crippen LogP contribution in [0, 0.1) is 3.57 Å². The molecule has 5 heteroatoms. The summed E-state index contributed by atoms with van der Waals surface area (Å²) in [5.74, 6) is 1.58. The quantitative estimate of drug-likeness (QED) is 0.599. The number of halogens is 2. The van der Waals surface area contributed by atoms with Gasteiger partial charge in [0.1, 0.15) is 23.3 Å². The van der Waals surface area contributed by atoms with Crippen LogP contribution in [0.3, 0.4) is 0 Å². The highest BCUT2D eigenvalue weighted by molar-refractivity contribution is 14.1. The lowest BCUT2D eigenvalue weighted by Crippen LogP contribution is -1.97. The van der Waals surface area contributed by atoms with Crippen LogP contribution in [-0.4, -0.2) is 12.1 Å². The van der Waals surface area contributed by atoms with E-state index in [0.717, 1.165) is 20.6 Å². The van der Waals surface area contributed by atoms with Crippen molar-refractivity contribution < 1.29 is 9.47 Å². The number of ether oxygens (including phenoxy) is 2. The lowest BCUT2D eigenvalue weighted by molar-refractivity contribution is 0.303. The topological polar surface area (TPSA) is 31.4 Å². The van der Waals surface area contributed by atoms with Crippen LogP contribution < -0.4 is 9.47 Å². The summed E-state index contributed by atoms with van der Waals surface area (Å²) in [5.41, 5.74) is 1.07. The molecule has 1 heterocycles. The molecule has 0 radical (unpaired) electrons. The van der Waals surface area contributed by atoms with Crippen molar-refractivity contribution in [1.29, 1.82) is 0 Å². The molecule has 2 aromatic rings. The molecule has 0 aliphatic rings. The summed E-state index contributed by atoms with van der Waals surface area (Å²) >= 11 is 7.99. The van der Waals surface area contributed by atoms with E-state index in [1.165, 1.54) is 0 Å². The van der Waals surface area contributed by atoms with Crippen LogP contribution in [0.4, 0.5) is 0 Å². The Morgan fingerprint density at radius 3 is 2.67 bits per heavy atom. The minimum atomic E-state index is 0.431. The Morgan fingerprint density at radius 1 is 1.28 bits per heavy atom. The predicted octanol–water partition coefficient (Wildman–Crippen LogP) is 3.93. The summed E-state index contributed by atoms with van der Waals surface area (Å²) in [7, 11) is 1.65. The summed E-state index contributed by atoms with van der Waals surface area (Å²) in [6.07, 6.45) is 1.69. The van der Waals surface area contributed by atoms with Gasteiger partial charge < -0.3 is 9.47 Å². The molecule has 0 spiro atoms. The minimum absolute atomic E-state index is 0.431. The highest BCUT2D eigenvalue weighted by Crippen LogP contribution is 2.24. The van der Waals surface area contributed by atoms with E-state index in [9.17, 15) is 0 Å². The summed E-state index contributed by atoms with van der Waals surface area (Å²) < 4.78 is 11.7. The Bertz CT molecular complexity index is 531. The van der Waals surface area contributed by atoms with Gasteiger partial charge in [-0.3, -0.25) is 0 Å². The predicted molar refractivity (Wildman–Crippen MR) is 79.3 cm³/mol. The zero-order valence-electron chi connectivity index (χ0n) is 9.69. The van der Waals surface area contributed by atoms with E-state index in [0.29, 0.717) is 11.8 Å². The first-order valence-corrected chi connectivity index (χ1v) is 6.71. The molecule has 0 saturated carbocycles. The summed E-state index contributed by atoms with van der Waals surface area (Å²) in [6, 6.07) is 9.46. The minimum Gasteiger partial charge on any atom is -0.497 e. The molecular formula is C13H11ClINO2. The van der Waals surface area contributed by atoms with Crippen LogP contribution in [-0.2, 0) is 6.61 Å². The second-order valence-corrected chi connectivity index (χ2v) is 5.12. The number of benzene rings is 1. The van der Waals surface area contributed by atoms with Gasteiger partial charge in [0.15, 0.2) is 0 Å². The van der Waals surface area contributed by atoms with Gasteiger partial charge in [0.2, 0.25) is 0 Å². The third-order valence-corrected chi connectivity index (χ3v) is 3.36. The molecule has 0 aliphatic heterocycles. The Kier molecular flexibility index (Phi) is 4.66. The summed E-state index contributed by atoms with van der Waals surface area (Å²) in [6.45, 7) is 0.486. The van der Waals surface area contributed by atoms with Gasteiger partial charge in [0, 0.05) is 12.3 Å². The van der Waals surface area contributed by atoms with E-state index >= 15 is 0 Å².